The molecule has 3 aromatic rings. The lowest BCUT2D eigenvalue weighted by molar-refractivity contribution is -0.142. The molecule has 13 heteroatoms. The molecule has 0 radical (unpaired) electrons. The van der Waals surface area contributed by atoms with E-state index in [0.717, 1.165) is 23.1 Å². The molecule has 1 aliphatic carbocycles. The molecule has 0 bridgehead atoms. The summed E-state index contributed by atoms with van der Waals surface area (Å²) in [5.74, 6) is -2.08. The summed E-state index contributed by atoms with van der Waals surface area (Å²) in [5, 5.41) is 5.32. The summed E-state index contributed by atoms with van der Waals surface area (Å²) in [4.78, 5) is 46.4. The summed E-state index contributed by atoms with van der Waals surface area (Å²) in [5.41, 5.74) is 0.442. The van der Waals surface area contributed by atoms with Gasteiger partial charge in [0.2, 0.25) is 5.91 Å². The first-order valence-corrected chi connectivity index (χ1v) is 13.4. The first-order valence-electron chi connectivity index (χ1n) is 11.6. The number of nitrogens with zero attached hydrogens (tertiary/aromatic N) is 2. The van der Waals surface area contributed by atoms with Crippen LogP contribution in [0.4, 0.5) is 23.9 Å². The third kappa shape index (κ3) is 6.16. The number of hydrogen-bond acceptors (Lipinski definition) is 8. The number of halogens is 3. The fraction of sp³-hybridized carbons (Fsp3) is 0.320. The van der Waals surface area contributed by atoms with Crippen molar-refractivity contribution in [1.29, 1.82) is 0 Å². The minimum Gasteiger partial charge on any atom is -0.462 e. The van der Waals surface area contributed by atoms with E-state index in [2.05, 4.69) is 20.6 Å². The molecule has 0 unspecified atom stereocenters. The molecule has 0 fully saturated rings. The summed E-state index contributed by atoms with van der Waals surface area (Å²) >= 11 is 1.65. The number of hydrogen-bond donors (Lipinski definition) is 2. The molecule has 38 heavy (non-hydrogen) atoms. The zero-order chi connectivity index (χ0) is 27.4. The number of esters is 1. The lowest BCUT2D eigenvalue weighted by Crippen LogP contribution is -2.19. The second-order valence-electron chi connectivity index (χ2n) is 8.27. The number of ether oxygens (including phenoxy) is 1. The molecule has 0 aliphatic heterocycles. The number of thiophene rings is 1. The van der Waals surface area contributed by atoms with Crippen LogP contribution in [0.25, 0.3) is 0 Å². The van der Waals surface area contributed by atoms with E-state index in [1.807, 2.05) is 0 Å². The van der Waals surface area contributed by atoms with Gasteiger partial charge in [-0.15, -0.1) is 11.3 Å². The van der Waals surface area contributed by atoms with Gasteiger partial charge in [0.1, 0.15) is 9.88 Å². The monoisotopic (exact) mass is 564 g/mol. The molecule has 4 rings (SSSR count). The highest BCUT2D eigenvalue weighted by Crippen LogP contribution is 2.37. The Hall–Kier alpha value is -3.45. The quantitative estimate of drug-likeness (QED) is 0.211. The van der Waals surface area contributed by atoms with Crippen molar-refractivity contribution in [2.45, 2.75) is 44.4 Å². The number of para-hydroxylation sites is 1. The molecular weight excluding hydrogens is 541 g/mol. The Labute approximate surface area is 224 Å². The Balaban J connectivity index is 1.54. The van der Waals surface area contributed by atoms with Crippen LogP contribution in [0.5, 0.6) is 0 Å². The smallest absolute Gasteiger partial charge is 0.433 e. The molecule has 8 nitrogen and oxygen atoms in total. The molecule has 0 atom stereocenters. The van der Waals surface area contributed by atoms with Gasteiger partial charge in [-0.25, -0.2) is 14.8 Å². The first kappa shape index (κ1) is 27.6. The maximum Gasteiger partial charge on any atom is 0.433 e. The molecule has 0 saturated carbocycles. The van der Waals surface area contributed by atoms with Crippen LogP contribution >= 0.6 is 23.1 Å². The molecule has 2 amide bonds. The molecule has 2 heterocycles. The van der Waals surface area contributed by atoms with Gasteiger partial charge in [0.15, 0.2) is 10.9 Å². The lowest BCUT2D eigenvalue weighted by Gasteiger charge is -2.12. The minimum absolute atomic E-state index is 0.0911. The van der Waals surface area contributed by atoms with Gasteiger partial charge in [-0.3, -0.25) is 9.59 Å². The number of amides is 2. The number of alkyl halides is 3. The van der Waals surface area contributed by atoms with Crippen molar-refractivity contribution in [1.82, 2.24) is 9.97 Å². The zero-order valence-corrected chi connectivity index (χ0v) is 22.0. The number of anilines is 2. The van der Waals surface area contributed by atoms with Gasteiger partial charge in [-0.1, -0.05) is 30.0 Å². The Morgan fingerprint density at radius 1 is 1.11 bits per heavy atom. The van der Waals surface area contributed by atoms with Crippen LogP contribution in [0.1, 0.15) is 55.9 Å². The molecule has 1 aliphatic rings. The predicted molar refractivity (Wildman–Crippen MR) is 138 cm³/mol. The topological polar surface area (TPSA) is 110 Å². The molecule has 0 spiro atoms. The average molecular weight is 565 g/mol. The Kier molecular flexibility index (Phi) is 8.36. The van der Waals surface area contributed by atoms with E-state index < -0.39 is 29.7 Å². The Morgan fingerprint density at radius 2 is 1.84 bits per heavy atom. The summed E-state index contributed by atoms with van der Waals surface area (Å²) in [6.07, 6.45) is -3.36. The van der Waals surface area contributed by atoms with Gasteiger partial charge >= 0.3 is 12.1 Å². The van der Waals surface area contributed by atoms with E-state index in [0.29, 0.717) is 29.8 Å². The van der Waals surface area contributed by atoms with Crippen molar-refractivity contribution in [2.75, 3.05) is 23.0 Å². The molecule has 2 aromatic heterocycles. The summed E-state index contributed by atoms with van der Waals surface area (Å²) in [6, 6.07) is 8.64. The normalized spacial score (nSPS) is 12.7. The van der Waals surface area contributed by atoms with Crippen LogP contribution in [0.3, 0.4) is 0 Å². The summed E-state index contributed by atoms with van der Waals surface area (Å²) in [6.45, 7) is 3.35. The van der Waals surface area contributed by atoms with E-state index in [1.54, 1.807) is 44.2 Å². The SMILES string of the molecule is CCOC(=O)c1sc(NC(=O)CSc2nc3c(c(C(F)(F)F)n2)CCC3)c(C(=O)Nc2ccccc2)c1C. The van der Waals surface area contributed by atoms with Crippen LogP contribution in [-0.2, 0) is 28.5 Å². The largest absolute Gasteiger partial charge is 0.462 e. The van der Waals surface area contributed by atoms with Gasteiger partial charge in [0.05, 0.1) is 17.9 Å². The molecule has 0 saturated heterocycles. The fourth-order valence-corrected chi connectivity index (χ4v) is 5.76. The number of carbonyl (C=O) groups excluding carboxylic acids is 3. The van der Waals surface area contributed by atoms with Crippen molar-refractivity contribution >= 4 is 51.6 Å². The van der Waals surface area contributed by atoms with Crippen LogP contribution in [0.15, 0.2) is 35.5 Å². The molecular formula is C25H23F3N4O4S2. The predicted octanol–water partition coefficient (Wildman–Crippen LogP) is 5.51. The standard InChI is InChI=1S/C25H23F3N4O4S2/c1-3-36-23(35)19-13(2)18(21(34)29-14-8-5-4-6-9-14)22(38-19)31-17(33)12-37-24-30-16-11-7-10-15(16)20(32-24)25(26,27)28/h4-6,8-9H,3,7,10-12H2,1-2H3,(H,29,34)(H,31,33). The number of aryl methyl sites for hydroxylation is 1. The Morgan fingerprint density at radius 3 is 2.53 bits per heavy atom. The second-order valence-corrected chi connectivity index (χ2v) is 10.2. The number of rotatable bonds is 8. The van der Waals surface area contributed by atoms with E-state index in [-0.39, 0.29) is 44.9 Å². The van der Waals surface area contributed by atoms with Crippen molar-refractivity contribution in [2.24, 2.45) is 0 Å². The van der Waals surface area contributed by atoms with Crippen molar-refractivity contribution in [3.63, 3.8) is 0 Å². The van der Waals surface area contributed by atoms with Gasteiger partial charge in [-0.2, -0.15) is 13.2 Å². The zero-order valence-electron chi connectivity index (χ0n) is 20.4. The third-order valence-electron chi connectivity index (χ3n) is 5.63. The maximum atomic E-state index is 13.5. The van der Waals surface area contributed by atoms with Crippen molar-refractivity contribution < 1.29 is 32.3 Å². The van der Waals surface area contributed by atoms with Gasteiger partial charge in [0, 0.05) is 16.9 Å². The van der Waals surface area contributed by atoms with Crippen LogP contribution < -0.4 is 10.6 Å². The number of benzene rings is 1. The Bertz CT molecular complexity index is 1380. The van der Waals surface area contributed by atoms with Crippen LogP contribution in [0, 0.1) is 6.92 Å². The fourth-order valence-electron chi connectivity index (χ4n) is 3.98. The molecule has 2 N–H and O–H groups in total. The van der Waals surface area contributed by atoms with E-state index in [4.69, 9.17) is 4.74 Å². The lowest BCUT2D eigenvalue weighted by atomic mass is 10.1. The second kappa shape index (κ2) is 11.5. The highest BCUT2D eigenvalue weighted by atomic mass is 32.2. The summed E-state index contributed by atoms with van der Waals surface area (Å²) < 4.78 is 45.6. The van der Waals surface area contributed by atoms with E-state index >= 15 is 0 Å². The highest BCUT2D eigenvalue weighted by molar-refractivity contribution is 7.99. The summed E-state index contributed by atoms with van der Waals surface area (Å²) in [7, 11) is 0. The first-order chi connectivity index (χ1) is 18.1. The number of carbonyl (C=O) groups is 3. The van der Waals surface area contributed by atoms with Gasteiger partial charge in [-0.05, 0) is 50.8 Å². The average Bonchev–Trinajstić information content (AvgIpc) is 3.46. The van der Waals surface area contributed by atoms with Gasteiger partial charge < -0.3 is 15.4 Å². The molecule has 1 aromatic carbocycles. The number of fused-ring (bicyclic) bond motifs is 1. The highest BCUT2D eigenvalue weighted by Gasteiger charge is 2.38. The maximum absolute atomic E-state index is 13.5. The van der Waals surface area contributed by atoms with E-state index in [9.17, 15) is 27.6 Å². The third-order valence-corrected chi connectivity index (χ3v) is 7.67. The molecule has 200 valence electrons. The van der Waals surface area contributed by atoms with Crippen LogP contribution in [0.2, 0.25) is 0 Å². The van der Waals surface area contributed by atoms with E-state index in [1.165, 1.54) is 0 Å². The van der Waals surface area contributed by atoms with Crippen molar-refractivity contribution in [3.05, 3.63) is 63.3 Å². The number of nitrogens with one attached hydrogen (secondary N) is 2. The van der Waals surface area contributed by atoms with Gasteiger partial charge in [0.25, 0.3) is 5.91 Å². The van der Waals surface area contributed by atoms with Crippen molar-refractivity contribution in [3.8, 4) is 0 Å². The number of aromatic nitrogens is 2. The van der Waals surface area contributed by atoms with Crippen LogP contribution in [-0.4, -0.2) is 40.1 Å². The minimum atomic E-state index is -4.62. The number of thioether (sulfide) groups is 1.